The molecule has 0 aliphatic heterocycles. The normalized spacial score (nSPS) is 12.2. The topological polar surface area (TPSA) is 66.6 Å². The summed E-state index contributed by atoms with van der Waals surface area (Å²) in [5, 5.41) is 9.51. The Morgan fingerprint density at radius 2 is 2.24 bits per heavy atom. The molecule has 1 unspecified atom stereocenters. The van der Waals surface area contributed by atoms with E-state index in [0.29, 0.717) is 13.0 Å². The van der Waals surface area contributed by atoms with Crippen molar-refractivity contribution in [3.05, 3.63) is 29.6 Å². The number of nitrogens with two attached hydrogens (primary N) is 1. The Labute approximate surface area is 99.8 Å². The van der Waals surface area contributed by atoms with Gasteiger partial charge in [0.1, 0.15) is 17.1 Å². The number of halogens is 1. The van der Waals surface area contributed by atoms with E-state index in [1.165, 1.54) is 17.0 Å². The quantitative estimate of drug-likeness (QED) is 0.834. The fourth-order valence-electron chi connectivity index (χ4n) is 1.54. The van der Waals surface area contributed by atoms with Crippen LogP contribution in [-0.2, 0) is 0 Å². The van der Waals surface area contributed by atoms with Crippen molar-refractivity contribution in [3.63, 3.8) is 0 Å². The molecule has 5 heteroatoms. The van der Waals surface area contributed by atoms with E-state index in [1.807, 2.05) is 6.92 Å². The van der Waals surface area contributed by atoms with Gasteiger partial charge in [-0.15, -0.1) is 0 Å². The lowest BCUT2D eigenvalue weighted by molar-refractivity contribution is 0.0731. The fraction of sp³-hybridized carbons (Fsp3) is 0.417. The summed E-state index contributed by atoms with van der Waals surface area (Å²) in [5.74, 6) is -1.61. The minimum Gasteiger partial charge on any atom is -0.507 e. The van der Waals surface area contributed by atoms with Crippen LogP contribution < -0.4 is 5.73 Å². The summed E-state index contributed by atoms with van der Waals surface area (Å²) in [6.45, 7) is 2.27. The summed E-state index contributed by atoms with van der Waals surface area (Å²) in [6.07, 6.45) is 0.622. The molecule has 0 bridgehead atoms. The van der Waals surface area contributed by atoms with Crippen molar-refractivity contribution in [1.29, 1.82) is 0 Å². The largest absolute Gasteiger partial charge is 0.507 e. The van der Waals surface area contributed by atoms with Crippen molar-refractivity contribution in [2.24, 2.45) is 5.73 Å². The molecule has 3 N–H and O–H groups in total. The van der Waals surface area contributed by atoms with Crippen LogP contribution in [0.15, 0.2) is 18.2 Å². The van der Waals surface area contributed by atoms with Gasteiger partial charge in [-0.25, -0.2) is 4.39 Å². The van der Waals surface area contributed by atoms with Crippen molar-refractivity contribution in [3.8, 4) is 5.75 Å². The number of aromatic hydroxyl groups is 1. The zero-order valence-corrected chi connectivity index (χ0v) is 9.98. The number of amides is 1. The molecule has 0 fully saturated rings. The summed E-state index contributed by atoms with van der Waals surface area (Å²) < 4.78 is 13.5. The van der Waals surface area contributed by atoms with E-state index in [2.05, 4.69) is 0 Å². The molecule has 4 nitrogen and oxygen atoms in total. The first-order valence-corrected chi connectivity index (χ1v) is 5.43. The minimum absolute atomic E-state index is 0.105. The SMILES string of the molecule is CC(CCN)N(C)C(=O)c1c(O)cccc1F. The first kappa shape index (κ1) is 13.4. The smallest absolute Gasteiger partial charge is 0.260 e. The molecule has 0 aliphatic rings. The third-order valence-corrected chi connectivity index (χ3v) is 2.77. The molecule has 0 radical (unpaired) electrons. The number of benzene rings is 1. The average Bonchev–Trinajstić information content (AvgIpc) is 2.27. The number of hydrogen-bond acceptors (Lipinski definition) is 3. The summed E-state index contributed by atoms with van der Waals surface area (Å²) in [5.41, 5.74) is 5.11. The second-order valence-corrected chi connectivity index (χ2v) is 3.98. The van der Waals surface area contributed by atoms with Crippen molar-refractivity contribution in [1.82, 2.24) is 4.90 Å². The fourth-order valence-corrected chi connectivity index (χ4v) is 1.54. The molecule has 17 heavy (non-hydrogen) atoms. The predicted octanol–water partition coefficient (Wildman–Crippen LogP) is 1.34. The van der Waals surface area contributed by atoms with Gasteiger partial charge in [-0.1, -0.05) is 6.07 Å². The van der Waals surface area contributed by atoms with E-state index < -0.39 is 11.7 Å². The predicted molar refractivity (Wildman–Crippen MR) is 63.3 cm³/mol. The average molecular weight is 240 g/mol. The first-order chi connectivity index (χ1) is 7.99. The Balaban J connectivity index is 2.96. The second kappa shape index (κ2) is 5.63. The van der Waals surface area contributed by atoms with Gasteiger partial charge in [0.25, 0.3) is 5.91 Å². The highest BCUT2D eigenvalue weighted by atomic mass is 19.1. The van der Waals surface area contributed by atoms with E-state index in [-0.39, 0.29) is 17.4 Å². The number of carbonyl (C=O) groups is 1. The lowest BCUT2D eigenvalue weighted by Crippen LogP contribution is -2.36. The van der Waals surface area contributed by atoms with E-state index in [0.717, 1.165) is 6.07 Å². The van der Waals surface area contributed by atoms with Crippen LogP contribution in [0.4, 0.5) is 4.39 Å². The lowest BCUT2D eigenvalue weighted by atomic mass is 10.1. The lowest BCUT2D eigenvalue weighted by Gasteiger charge is -2.25. The van der Waals surface area contributed by atoms with Crippen molar-refractivity contribution in [2.75, 3.05) is 13.6 Å². The van der Waals surface area contributed by atoms with Gasteiger partial charge in [0.2, 0.25) is 0 Å². The summed E-state index contributed by atoms with van der Waals surface area (Å²) in [7, 11) is 1.56. The monoisotopic (exact) mass is 240 g/mol. The zero-order valence-electron chi connectivity index (χ0n) is 9.98. The number of nitrogens with zero attached hydrogens (tertiary/aromatic N) is 1. The third-order valence-electron chi connectivity index (χ3n) is 2.77. The van der Waals surface area contributed by atoms with E-state index >= 15 is 0 Å². The molecule has 0 aliphatic carbocycles. The van der Waals surface area contributed by atoms with Crippen LogP contribution in [0.1, 0.15) is 23.7 Å². The summed E-state index contributed by atoms with van der Waals surface area (Å²) >= 11 is 0. The molecule has 0 saturated carbocycles. The van der Waals surface area contributed by atoms with Crippen LogP contribution in [0.5, 0.6) is 5.75 Å². The van der Waals surface area contributed by atoms with Crippen LogP contribution in [0.2, 0.25) is 0 Å². The number of hydrogen-bond donors (Lipinski definition) is 2. The molecule has 1 atom stereocenters. The van der Waals surface area contributed by atoms with E-state index in [1.54, 1.807) is 7.05 Å². The standard InChI is InChI=1S/C12H17FN2O2/c1-8(6-7-14)15(2)12(17)11-9(13)4-3-5-10(11)16/h3-5,8,16H,6-7,14H2,1-2H3. The summed E-state index contributed by atoms with van der Waals surface area (Å²) in [4.78, 5) is 13.4. The Hall–Kier alpha value is -1.62. The molecule has 0 aromatic heterocycles. The zero-order chi connectivity index (χ0) is 13.0. The molecule has 1 aromatic carbocycles. The van der Waals surface area contributed by atoms with Gasteiger partial charge in [0.15, 0.2) is 0 Å². The Bertz CT molecular complexity index is 389. The maximum Gasteiger partial charge on any atom is 0.260 e. The highest BCUT2D eigenvalue weighted by Crippen LogP contribution is 2.22. The minimum atomic E-state index is -0.721. The van der Waals surface area contributed by atoms with Gasteiger partial charge in [0, 0.05) is 13.1 Å². The highest BCUT2D eigenvalue weighted by Gasteiger charge is 2.22. The molecule has 1 aromatic rings. The van der Waals surface area contributed by atoms with Crippen LogP contribution in [0.25, 0.3) is 0 Å². The summed E-state index contributed by atoms with van der Waals surface area (Å²) in [6, 6.07) is 3.68. The van der Waals surface area contributed by atoms with Crippen LogP contribution in [0.3, 0.4) is 0 Å². The highest BCUT2D eigenvalue weighted by molar-refractivity contribution is 5.97. The number of carbonyl (C=O) groups excluding carboxylic acids is 1. The third kappa shape index (κ3) is 2.94. The molecule has 94 valence electrons. The van der Waals surface area contributed by atoms with Crippen molar-refractivity contribution >= 4 is 5.91 Å². The van der Waals surface area contributed by atoms with Crippen LogP contribution in [-0.4, -0.2) is 35.5 Å². The van der Waals surface area contributed by atoms with Crippen LogP contribution >= 0.6 is 0 Å². The number of phenolic OH excluding ortho intramolecular Hbond substituents is 1. The Kier molecular flexibility index (Phi) is 4.45. The Morgan fingerprint density at radius 1 is 1.59 bits per heavy atom. The molecular weight excluding hydrogens is 223 g/mol. The molecule has 1 rings (SSSR count). The van der Waals surface area contributed by atoms with Gasteiger partial charge in [0.05, 0.1) is 0 Å². The van der Waals surface area contributed by atoms with Gasteiger partial charge in [-0.05, 0) is 32.0 Å². The molecule has 1 amide bonds. The molecule has 0 spiro atoms. The van der Waals surface area contributed by atoms with Gasteiger partial charge in [-0.3, -0.25) is 4.79 Å². The maximum absolute atomic E-state index is 13.5. The molecule has 0 heterocycles. The number of rotatable bonds is 4. The number of phenols is 1. The van der Waals surface area contributed by atoms with Crippen molar-refractivity contribution < 1.29 is 14.3 Å². The Morgan fingerprint density at radius 3 is 2.76 bits per heavy atom. The van der Waals surface area contributed by atoms with Gasteiger partial charge < -0.3 is 15.7 Å². The van der Waals surface area contributed by atoms with E-state index in [4.69, 9.17) is 5.73 Å². The second-order valence-electron chi connectivity index (χ2n) is 3.98. The van der Waals surface area contributed by atoms with Gasteiger partial charge >= 0.3 is 0 Å². The first-order valence-electron chi connectivity index (χ1n) is 5.43. The maximum atomic E-state index is 13.5. The van der Waals surface area contributed by atoms with Crippen LogP contribution in [0, 0.1) is 5.82 Å². The van der Waals surface area contributed by atoms with E-state index in [9.17, 15) is 14.3 Å². The van der Waals surface area contributed by atoms with Crippen molar-refractivity contribution in [2.45, 2.75) is 19.4 Å². The molecular formula is C12H17FN2O2. The van der Waals surface area contributed by atoms with Gasteiger partial charge in [-0.2, -0.15) is 0 Å². The molecule has 0 saturated heterocycles.